The molecule has 2 atom stereocenters. The summed E-state index contributed by atoms with van der Waals surface area (Å²) in [6.07, 6.45) is 1.55. The molecule has 1 aliphatic heterocycles. The highest BCUT2D eigenvalue weighted by Gasteiger charge is 2.45. The SMILES string of the molecule is Cc1oc(=O)oc1COC(=O)C1C(C(C)(C)O)N=CN1Cc1ccc(-c2ccccc2-c2nn[nH]n2)cc1. The first-order valence-electron chi connectivity index (χ1n) is 11.9. The zero-order valence-electron chi connectivity index (χ0n) is 21.0. The molecule has 2 N–H and O–H groups in total. The molecule has 0 spiro atoms. The Bertz CT molecular complexity index is 1500. The normalized spacial score (nSPS) is 17.2. The van der Waals surface area contributed by atoms with Crippen LogP contribution in [0.5, 0.6) is 0 Å². The number of aromatic nitrogens is 4. The zero-order valence-corrected chi connectivity index (χ0v) is 21.0. The predicted molar refractivity (Wildman–Crippen MR) is 135 cm³/mol. The molecule has 5 rings (SSSR count). The van der Waals surface area contributed by atoms with Crippen LogP contribution >= 0.6 is 0 Å². The summed E-state index contributed by atoms with van der Waals surface area (Å²) < 4.78 is 15.2. The van der Waals surface area contributed by atoms with Crippen LogP contribution in [0.1, 0.15) is 30.9 Å². The Morgan fingerprint density at radius 3 is 2.50 bits per heavy atom. The lowest BCUT2D eigenvalue weighted by atomic mass is 9.92. The van der Waals surface area contributed by atoms with Crippen LogP contribution in [0.15, 0.2) is 67.2 Å². The number of carbonyl (C=O) groups excluding carboxylic acids is 1. The summed E-state index contributed by atoms with van der Waals surface area (Å²) in [5.74, 6) is -0.602. The van der Waals surface area contributed by atoms with Crippen LogP contribution in [0.4, 0.5) is 0 Å². The van der Waals surface area contributed by atoms with Crippen molar-refractivity contribution in [3.63, 3.8) is 0 Å². The lowest BCUT2D eigenvalue weighted by molar-refractivity contribution is -0.152. The van der Waals surface area contributed by atoms with Gasteiger partial charge in [0.15, 0.2) is 24.2 Å². The number of benzene rings is 2. The van der Waals surface area contributed by atoms with E-state index in [0.29, 0.717) is 12.4 Å². The number of aryl methyl sites for hydroxylation is 1. The largest absolute Gasteiger partial charge is 0.519 e. The molecule has 0 fully saturated rings. The quantitative estimate of drug-likeness (QED) is 0.332. The number of rotatable bonds is 8. The van der Waals surface area contributed by atoms with Gasteiger partial charge in [-0.1, -0.05) is 48.5 Å². The van der Waals surface area contributed by atoms with E-state index < -0.39 is 29.5 Å². The average molecular weight is 519 g/mol. The number of carbonyl (C=O) groups is 1. The lowest BCUT2D eigenvalue weighted by Crippen LogP contribution is -2.51. The molecule has 4 aromatic rings. The van der Waals surface area contributed by atoms with Gasteiger partial charge in [-0.25, -0.2) is 9.59 Å². The molecule has 12 heteroatoms. The first-order valence-corrected chi connectivity index (χ1v) is 11.9. The second-order valence-electron chi connectivity index (χ2n) is 9.50. The van der Waals surface area contributed by atoms with E-state index in [4.69, 9.17) is 13.6 Å². The third-order valence-electron chi connectivity index (χ3n) is 6.32. The Kier molecular flexibility index (Phi) is 6.64. The van der Waals surface area contributed by atoms with Crippen molar-refractivity contribution in [3.8, 4) is 22.5 Å². The topological polar surface area (TPSA) is 160 Å². The first kappa shape index (κ1) is 25.1. The van der Waals surface area contributed by atoms with Crippen molar-refractivity contribution in [1.29, 1.82) is 0 Å². The molecule has 196 valence electrons. The minimum absolute atomic E-state index is 0.130. The van der Waals surface area contributed by atoms with Crippen LogP contribution in [0.3, 0.4) is 0 Å². The van der Waals surface area contributed by atoms with Crippen LogP contribution in [0.2, 0.25) is 0 Å². The van der Waals surface area contributed by atoms with E-state index in [1.165, 1.54) is 0 Å². The Hall–Kier alpha value is -4.58. The zero-order chi connectivity index (χ0) is 26.9. The minimum Gasteiger partial charge on any atom is -0.456 e. The van der Waals surface area contributed by atoms with E-state index in [1.54, 1.807) is 32.0 Å². The van der Waals surface area contributed by atoms with Crippen molar-refractivity contribution in [3.05, 3.63) is 76.2 Å². The highest BCUT2D eigenvalue weighted by molar-refractivity contribution is 5.83. The van der Waals surface area contributed by atoms with Gasteiger partial charge in [-0.2, -0.15) is 5.21 Å². The summed E-state index contributed by atoms with van der Waals surface area (Å²) >= 11 is 0. The number of esters is 1. The summed E-state index contributed by atoms with van der Waals surface area (Å²) in [4.78, 5) is 30.6. The minimum atomic E-state index is -1.28. The van der Waals surface area contributed by atoms with Gasteiger partial charge in [0.25, 0.3) is 0 Å². The van der Waals surface area contributed by atoms with E-state index in [1.807, 2.05) is 48.5 Å². The van der Waals surface area contributed by atoms with Gasteiger partial charge >= 0.3 is 11.8 Å². The third-order valence-corrected chi connectivity index (χ3v) is 6.32. The fraction of sp³-hybridized carbons (Fsp3) is 0.308. The number of aliphatic hydroxyl groups is 1. The number of aliphatic imine (C=N–C) groups is 1. The van der Waals surface area contributed by atoms with Gasteiger partial charge in [-0.3, -0.25) is 4.99 Å². The van der Waals surface area contributed by atoms with E-state index in [9.17, 15) is 14.7 Å². The summed E-state index contributed by atoms with van der Waals surface area (Å²) in [6.45, 7) is 4.81. The Balaban J connectivity index is 1.34. The van der Waals surface area contributed by atoms with E-state index >= 15 is 0 Å². The molecule has 12 nitrogen and oxygen atoms in total. The standard InChI is InChI=1S/C26H26N6O6/c1-15-20(38-25(34)37-15)13-36-24(33)21-22(26(2,3)35)27-14-32(21)12-16-8-10-17(11-9-16)18-6-4-5-7-19(18)23-28-30-31-29-23/h4-11,14,21-22,35H,12-13H2,1-3H3,(H,28,29,30,31). The number of aromatic amines is 1. The number of nitrogens with one attached hydrogen (secondary N) is 1. The van der Waals surface area contributed by atoms with E-state index in [-0.39, 0.29) is 18.1 Å². The van der Waals surface area contributed by atoms with E-state index in [0.717, 1.165) is 22.3 Å². The number of hydrogen-bond donors (Lipinski definition) is 2. The van der Waals surface area contributed by atoms with Crippen LogP contribution in [-0.2, 0) is 22.7 Å². The number of tetrazole rings is 1. The highest BCUT2D eigenvalue weighted by Crippen LogP contribution is 2.31. The van der Waals surface area contributed by atoms with E-state index in [2.05, 4.69) is 25.6 Å². The molecular weight excluding hydrogens is 492 g/mol. The molecular formula is C26H26N6O6. The van der Waals surface area contributed by atoms with Gasteiger partial charge in [0.05, 0.1) is 11.9 Å². The maximum atomic E-state index is 13.2. The van der Waals surface area contributed by atoms with Crippen LogP contribution in [0, 0.1) is 6.92 Å². The van der Waals surface area contributed by atoms with Gasteiger partial charge in [-0.05, 0) is 42.7 Å². The average Bonchev–Trinajstić information content (AvgIpc) is 3.63. The van der Waals surface area contributed by atoms with Gasteiger partial charge in [0.1, 0.15) is 6.04 Å². The molecule has 38 heavy (non-hydrogen) atoms. The van der Waals surface area contributed by atoms with Crippen LogP contribution in [0.25, 0.3) is 22.5 Å². The first-order chi connectivity index (χ1) is 18.2. The third kappa shape index (κ3) is 5.11. The highest BCUT2D eigenvalue weighted by atomic mass is 16.6. The molecule has 1 aliphatic rings. The molecule has 0 bridgehead atoms. The molecule has 3 heterocycles. The molecule has 2 unspecified atom stereocenters. The summed E-state index contributed by atoms with van der Waals surface area (Å²) in [5, 5.41) is 25.0. The van der Waals surface area contributed by atoms with Crippen molar-refractivity contribution in [1.82, 2.24) is 25.5 Å². The second kappa shape index (κ2) is 10.1. The van der Waals surface area contributed by atoms with Gasteiger partial charge < -0.3 is 23.6 Å². The molecule has 0 radical (unpaired) electrons. The second-order valence-corrected chi connectivity index (χ2v) is 9.50. The Morgan fingerprint density at radius 2 is 1.87 bits per heavy atom. The predicted octanol–water partition coefficient (Wildman–Crippen LogP) is 2.48. The lowest BCUT2D eigenvalue weighted by Gasteiger charge is -2.32. The fourth-order valence-corrected chi connectivity index (χ4v) is 4.40. The van der Waals surface area contributed by atoms with Gasteiger partial charge in [-0.15, -0.1) is 10.2 Å². The van der Waals surface area contributed by atoms with Crippen LogP contribution in [-0.4, -0.2) is 60.6 Å². The molecule has 2 aromatic carbocycles. The van der Waals surface area contributed by atoms with Gasteiger partial charge in [0, 0.05) is 12.1 Å². The maximum Gasteiger partial charge on any atom is 0.519 e. The molecule has 0 aliphatic carbocycles. The molecule has 0 amide bonds. The van der Waals surface area contributed by atoms with Crippen molar-refractivity contribution in [2.24, 2.45) is 4.99 Å². The number of H-pyrrole nitrogens is 1. The summed E-state index contributed by atoms with van der Waals surface area (Å²) in [5.41, 5.74) is 2.40. The molecule has 0 saturated carbocycles. The monoisotopic (exact) mass is 518 g/mol. The smallest absolute Gasteiger partial charge is 0.456 e. The summed E-state index contributed by atoms with van der Waals surface area (Å²) in [7, 11) is 0. The Morgan fingerprint density at radius 1 is 1.13 bits per heavy atom. The Labute approximate surface area is 217 Å². The van der Waals surface area contributed by atoms with Crippen molar-refractivity contribution < 1.29 is 23.5 Å². The van der Waals surface area contributed by atoms with Crippen molar-refractivity contribution in [2.45, 2.75) is 51.6 Å². The fourth-order valence-electron chi connectivity index (χ4n) is 4.40. The van der Waals surface area contributed by atoms with Crippen molar-refractivity contribution in [2.75, 3.05) is 0 Å². The van der Waals surface area contributed by atoms with Gasteiger partial charge in [0.2, 0.25) is 5.82 Å². The number of ether oxygens (including phenoxy) is 1. The van der Waals surface area contributed by atoms with Crippen LogP contribution < -0.4 is 5.82 Å². The number of nitrogens with zero attached hydrogens (tertiary/aromatic N) is 5. The molecule has 0 saturated heterocycles. The molecule has 2 aromatic heterocycles. The number of hydrogen-bond acceptors (Lipinski definition) is 11. The maximum absolute atomic E-state index is 13.2. The summed E-state index contributed by atoms with van der Waals surface area (Å²) in [6, 6.07) is 14.0. The van der Waals surface area contributed by atoms with Crippen molar-refractivity contribution >= 4 is 12.3 Å².